The molecule has 0 N–H and O–H groups in total. The second-order valence-electron chi connectivity index (χ2n) is 6.46. The molecule has 3 rings (SSSR count). The zero-order chi connectivity index (χ0) is 19.4. The van der Waals surface area contributed by atoms with Gasteiger partial charge in [-0.05, 0) is 67.4 Å². The van der Waals surface area contributed by atoms with Gasteiger partial charge in [0, 0.05) is 18.8 Å². The van der Waals surface area contributed by atoms with Crippen molar-refractivity contribution in [1.29, 1.82) is 0 Å². The van der Waals surface area contributed by atoms with E-state index in [4.69, 9.17) is 0 Å². The van der Waals surface area contributed by atoms with Gasteiger partial charge in [0.1, 0.15) is 0 Å². The van der Waals surface area contributed by atoms with E-state index in [1.165, 1.54) is 4.90 Å². The fourth-order valence-corrected chi connectivity index (χ4v) is 3.95. The number of imide groups is 1. The maximum atomic E-state index is 12.7. The normalized spacial score (nSPS) is 15.7. The van der Waals surface area contributed by atoms with Gasteiger partial charge in [-0.2, -0.15) is 0 Å². The average Bonchev–Trinajstić information content (AvgIpc) is 2.93. The molecule has 2 amide bonds. The van der Waals surface area contributed by atoms with E-state index in [1.807, 2.05) is 43.3 Å². The highest BCUT2D eigenvalue weighted by Crippen LogP contribution is 2.33. The summed E-state index contributed by atoms with van der Waals surface area (Å²) < 4.78 is 0. The topological polar surface area (TPSA) is 40.6 Å². The molecule has 1 aliphatic heterocycles. The first-order valence-corrected chi connectivity index (χ1v) is 10.00. The summed E-state index contributed by atoms with van der Waals surface area (Å²) in [6.07, 6.45) is 1.80. The van der Waals surface area contributed by atoms with Crippen molar-refractivity contribution in [1.82, 2.24) is 4.90 Å². The van der Waals surface area contributed by atoms with Crippen LogP contribution in [-0.4, -0.2) is 29.1 Å². The van der Waals surface area contributed by atoms with Gasteiger partial charge in [-0.3, -0.25) is 14.5 Å². The van der Waals surface area contributed by atoms with Gasteiger partial charge in [0.25, 0.3) is 11.1 Å². The first kappa shape index (κ1) is 19.2. The van der Waals surface area contributed by atoms with Crippen molar-refractivity contribution in [2.24, 2.45) is 0 Å². The highest BCUT2D eigenvalue weighted by molar-refractivity contribution is 8.18. The number of aryl methyl sites for hydroxylation is 1. The minimum absolute atomic E-state index is 0.214. The number of nitrogens with zero attached hydrogens (tertiary/aromatic N) is 2. The summed E-state index contributed by atoms with van der Waals surface area (Å²) in [4.78, 5) is 29.1. The van der Waals surface area contributed by atoms with Gasteiger partial charge in [-0.15, -0.1) is 0 Å². The molecule has 0 spiro atoms. The molecule has 0 radical (unpaired) electrons. The van der Waals surface area contributed by atoms with E-state index in [1.54, 1.807) is 6.08 Å². The standard InChI is InChI=1S/C22H24N2O2S/c1-4-23(5-2)19-12-10-17(11-13-19)14-20-21(25)24(22(26)27-20)15-18-9-7-6-8-16(18)3/h6-14H,4-5,15H2,1-3H3/b20-14-. The lowest BCUT2D eigenvalue weighted by Gasteiger charge is -2.20. The molecule has 140 valence electrons. The fourth-order valence-electron chi connectivity index (χ4n) is 3.12. The molecule has 2 aromatic carbocycles. The predicted octanol–water partition coefficient (Wildman–Crippen LogP) is 5.08. The molecule has 0 saturated carbocycles. The Morgan fingerprint density at radius 1 is 1.00 bits per heavy atom. The molecule has 0 atom stereocenters. The van der Waals surface area contributed by atoms with Gasteiger partial charge in [-0.1, -0.05) is 36.4 Å². The molecule has 0 aromatic heterocycles. The Morgan fingerprint density at radius 2 is 1.67 bits per heavy atom. The fraction of sp³-hybridized carbons (Fsp3) is 0.273. The minimum atomic E-state index is -0.221. The summed E-state index contributed by atoms with van der Waals surface area (Å²) in [5, 5.41) is -0.214. The van der Waals surface area contributed by atoms with Crippen LogP contribution in [0, 0.1) is 6.92 Å². The Hall–Kier alpha value is -2.53. The number of amides is 2. The van der Waals surface area contributed by atoms with Crippen LogP contribution in [0.25, 0.3) is 6.08 Å². The van der Waals surface area contributed by atoms with Crippen molar-refractivity contribution < 1.29 is 9.59 Å². The van der Waals surface area contributed by atoms with Crippen molar-refractivity contribution in [2.75, 3.05) is 18.0 Å². The molecule has 5 heteroatoms. The lowest BCUT2D eigenvalue weighted by molar-refractivity contribution is -0.123. The van der Waals surface area contributed by atoms with E-state index < -0.39 is 0 Å². The third kappa shape index (κ3) is 4.25. The van der Waals surface area contributed by atoms with Crippen molar-refractivity contribution in [3.63, 3.8) is 0 Å². The van der Waals surface area contributed by atoms with Gasteiger partial charge in [0.05, 0.1) is 11.4 Å². The summed E-state index contributed by atoms with van der Waals surface area (Å²) in [6, 6.07) is 15.9. The Bertz CT molecular complexity index is 870. The number of hydrogen-bond donors (Lipinski definition) is 0. The van der Waals surface area contributed by atoms with Crippen LogP contribution < -0.4 is 4.90 Å². The number of rotatable bonds is 6. The molecule has 1 aliphatic rings. The van der Waals surface area contributed by atoms with E-state index in [9.17, 15) is 9.59 Å². The molecule has 2 aromatic rings. The van der Waals surface area contributed by atoms with Gasteiger partial charge >= 0.3 is 0 Å². The zero-order valence-electron chi connectivity index (χ0n) is 15.9. The molecule has 0 aliphatic carbocycles. The van der Waals surface area contributed by atoms with Crippen LogP contribution in [0.1, 0.15) is 30.5 Å². The second kappa shape index (κ2) is 8.44. The van der Waals surface area contributed by atoms with Gasteiger partial charge in [0.2, 0.25) is 0 Å². The summed E-state index contributed by atoms with van der Waals surface area (Å²) >= 11 is 1.01. The highest BCUT2D eigenvalue weighted by Gasteiger charge is 2.35. The highest BCUT2D eigenvalue weighted by atomic mass is 32.2. The number of carbonyl (C=O) groups excluding carboxylic acids is 2. The van der Waals surface area contributed by atoms with E-state index in [0.717, 1.165) is 47.2 Å². The summed E-state index contributed by atoms with van der Waals surface area (Å²) in [5.41, 5.74) is 4.15. The predicted molar refractivity (Wildman–Crippen MR) is 113 cm³/mol. The van der Waals surface area contributed by atoms with E-state index in [2.05, 4.69) is 30.9 Å². The molecule has 1 saturated heterocycles. The third-order valence-electron chi connectivity index (χ3n) is 4.78. The smallest absolute Gasteiger partial charge is 0.293 e. The largest absolute Gasteiger partial charge is 0.372 e. The molecular formula is C22H24N2O2S. The molecule has 0 unspecified atom stereocenters. The van der Waals surface area contributed by atoms with Crippen LogP contribution in [0.15, 0.2) is 53.4 Å². The minimum Gasteiger partial charge on any atom is -0.372 e. The monoisotopic (exact) mass is 380 g/mol. The van der Waals surface area contributed by atoms with Crippen molar-refractivity contribution in [3.8, 4) is 0 Å². The van der Waals surface area contributed by atoms with E-state index in [0.29, 0.717) is 11.4 Å². The average molecular weight is 381 g/mol. The van der Waals surface area contributed by atoms with Gasteiger partial charge in [-0.25, -0.2) is 0 Å². The Labute approximate surface area is 164 Å². The van der Waals surface area contributed by atoms with E-state index >= 15 is 0 Å². The number of hydrogen-bond acceptors (Lipinski definition) is 4. The molecule has 0 bridgehead atoms. The molecule has 1 heterocycles. The lowest BCUT2D eigenvalue weighted by atomic mass is 10.1. The Kier molecular flexibility index (Phi) is 6.01. The lowest BCUT2D eigenvalue weighted by Crippen LogP contribution is -2.27. The SMILES string of the molecule is CCN(CC)c1ccc(/C=C2\SC(=O)N(Cc3ccccc3C)C2=O)cc1. The second-order valence-corrected chi connectivity index (χ2v) is 7.45. The Balaban J connectivity index is 1.77. The first-order valence-electron chi connectivity index (χ1n) is 9.18. The number of anilines is 1. The summed E-state index contributed by atoms with van der Waals surface area (Å²) in [7, 11) is 0. The van der Waals surface area contributed by atoms with E-state index in [-0.39, 0.29) is 11.1 Å². The van der Waals surface area contributed by atoms with Gasteiger partial charge in [0.15, 0.2) is 0 Å². The molecule has 4 nitrogen and oxygen atoms in total. The van der Waals surface area contributed by atoms with Crippen molar-refractivity contribution >= 4 is 34.7 Å². The maximum absolute atomic E-state index is 12.7. The number of thioether (sulfide) groups is 1. The van der Waals surface area contributed by atoms with Crippen LogP contribution in [0.2, 0.25) is 0 Å². The maximum Gasteiger partial charge on any atom is 0.293 e. The number of benzene rings is 2. The summed E-state index contributed by atoms with van der Waals surface area (Å²) in [6.45, 7) is 8.46. The first-order chi connectivity index (χ1) is 13.0. The summed E-state index contributed by atoms with van der Waals surface area (Å²) in [5.74, 6) is -0.221. The number of carbonyl (C=O) groups is 2. The quantitative estimate of drug-likeness (QED) is 0.656. The van der Waals surface area contributed by atoms with Crippen LogP contribution >= 0.6 is 11.8 Å². The van der Waals surface area contributed by atoms with Crippen LogP contribution in [0.3, 0.4) is 0 Å². The van der Waals surface area contributed by atoms with Crippen LogP contribution in [0.4, 0.5) is 10.5 Å². The Morgan fingerprint density at radius 3 is 2.30 bits per heavy atom. The molecule has 1 fully saturated rings. The zero-order valence-corrected chi connectivity index (χ0v) is 16.8. The van der Waals surface area contributed by atoms with Crippen LogP contribution in [-0.2, 0) is 11.3 Å². The molecule has 27 heavy (non-hydrogen) atoms. The third-order valence-corrected chi connectivity index (χ3v) is 5.69. The van der Waals surface area contributed by atoms with Crippen molar-refractivity contribution in [2.45, 2.75) is 27.3 Å². The van der Waals surface area contributed by atoms with Gasteiger partial charge < -0.3 is 4.90 Å². The van der Waals surface area contributed by atoms with Crippen LogP contribution in [0.5, 0.6) is 0 Å². The molecular weight excluding hydrogens is 356 g/mol. The van der Waals surface area contributed by atoms with Crippen molar-refractivity contribution in [3.05, 3.63) is 70.1 Å².